The molecule has 1 rings (SSSR count). The lowest BCUT2D eigenvalue weighted by Gasteiger charge is -2.13. The van der Waals surface area contributed by atoms with E-state index in [2.05, 4.69) is 4.74 Å². The van der Waals surface area contributed by atoms with Crippen LogP contribution in [0.1, 0.15) is 26.2 Å². The molecule has 0 radical (unpaired) electrons. The summed E-state index contributed by atoms with van der Waals surface area (Å²) in [6, 6.07) is 0. The second-order valence-electron chi connectivity index (χ2n) is 3.58. The van der Waals surface area contributed by atoms with Gasteiger partial charge < -0.3 is 10.5 Å². The van der Waals surface area contributed by atoms with Gasteiger partial charge in [0.2, 0.25) is 0 Å². The molecule has 1 aliphatic rings. The zero-order valence-corrected chi connectivity index (χ0v) is 8.19. The monoisotopic (exact) mass is 207 g/mol. The summed E-state index contributed by atoms with van der Waals surface area (Å²) >= 11 is 0. The number of halogens is 2. The molecule has 1 unspecified atom stereocenters. The van der Waals surface area contributed by atoms with Crippen molar-refractivity contribution >= 4 is 5.97 Å². The molecule has 3 nitrogen and oxygen atoms in total. The average molecular weight is 207 g/mol. The molecule has 0 aromatic carbocycles. The zero-order chi connectivity index (χ0) is 10.8. The second kappa shape index (κ2) is 3.81. The molecule has 0 bridgehead atoms. The van der Waals surface area contributed by atoms with Crippen LogP contribution in [0, 0.1) is 5.41 Å². The van der Waals surface area contributed by atoms with E-state index in [9.17, 15) is 13.6 Å². The van der Waals surface area contributed by atoms with Gasteiger partial charge in [-0.15, -0.1) is 0 Å². The lowest BCUT2D eigenvalue weighted by atomic mass is 10.00. The summed E-state index contributed by atoms with van der Waals surface area (Å²) < 4.78 is 30.7. The van der Waals surface area contributed by atoms with Gasteiger partial charge in [0.1, 0.15) is 5.41 Å². The Morgan fingerprint density at radius 3 is 2.50 bits per heavy atom. The molecule has 1 saturated carbocycles. The van der Waals surface area contributed by atoms with Crippen molar-refractivity contribution in [1.82, 2.24) is 0 Å². The normalized spacial score (nSPS) is 28.6. The van der Waals surface area contributed by atoms with E-state index in [1.165, 1.54) is 0 Å². The van der Waals surface area contributed by atoms with Crippen molar-refractivity contribution in [1.29, 1.82) is 0 Å². The molecule has 1 aliphatic carbocycles. The Hall–Kier alpha value is -0.710. The number of alkyl halides is 2. The molecule has 5 heteroatoms. The first-order chi connectivity index (χ1) is 6.50. The van der Waals surface area contributed by atoms with Gasteiger partial charge in [0.15, 0.2) is 0 Å². The number of nitrogens with two attached hydrogens (primary N) is 1. The highest BCUT2D eigenvalue weighted by Crippen LogP contribution is 2.63. The fourth-order valence-electron chi connectivity index (χ4n) is 1.60. The Bertz CT molecular complexity index is 233. The molecule has 0 heterocycles. The molecule has 2 N–H and O–H groups in total. The Morgan fingerprint density at radius 1 is 1.57 bits per heavy atom. The second-order valence-corrected chi connectivity index (χ2v) is 3.58. The smallest absolute Gasteiger partial charge is 0.318 e. The summed E-state index contributed by atoms with van der Waals surface area (Å²) in [6.45, 7) is 2.06. The van der Waals surface area contributed by atoms with Crippen LogP contribution in [0.25, 0.3) is 0 Å². The molecule has 1 atom stereocenters. The average Bonchev–Trinajstić information content (AvgIpc) is 2.67. The van der Waals surface area contributed by atoms with E-state index in [0.29, 0.717) is 13.0 Å². The molecule has 82 valence electrons. The molecule has 0 amide bonds. The minimum atomic E-state index is -2.89. The minimum Gasteiger partial charge on any atom is -0.465 e. The number of esters is 1. The number of rotatable bonds is 5. The largest absolute Gasteiger partial charge is 0.465 e. The van der Waals surface area contributed by atoms with Crippen LogP contribution in [0.2, 0.25) is 0 Å². The molecule has 0 aromatic rings. The van der Waals surface area contributed by atoms with E-state index in [0.717, 1.165) is 0 Å². The van der Waals surface area contributed by atoms with Gasteiger partial charge in [0.25, 0.3) is 5.92 Å². The van der Waals surface area contributed by atoms with E-state index in [-0.39, 0.29) is 13.0 Å². The van der Waals surface area contributed by atoms with Crippen LogP contribution in [0.15, 0.2) is 0 Å². The predicted octanol–water partition coefficient (Wildman–Crippen LogP) is 1.31. The van der Waals surface area contributed by atoms with Gasteiger partial charge in [-0.2, -0.15) is 0 Å². The third-order valence-corrected chi connectivity index (χ3v) is 2.57. The fourth-order valence-corrected chi connectivity index (χ4v) is 1.60. The number of ether oxygens (including phenoxy) is 1. The Balaban J connectivity index is 2.61. The van der Waals surface area contributed by atoms with Gasteiger partial charge in [0, 0.05) is 6.42 Å². The summed E-state index contributed by atoms with van der Waals surface area (Å²) in [5, 5.41) is 0. The molecular weight excluding hydrogens is 192 g/mol. The Kier molecular flexibility index (Phi) is 3.09. The minimum absolute atomic E-state index is 0.120. The first kappa shape index (κ1) is 11.4. The van der Waals surface area contributed by atoms with Crippen molar-refractivity contribution in [3.05, 3.63) is 0 Å². The number of hydrogen-bond acceptors (Lipinski definition) is 3. The Labute approximate surface area is 81.6 Å². The summed E-state index contributed by atoms with van der Waals surface area (Å²) in [4.78, 5) is 11.3. The van der Waals surface area contributed by atoms with Gasteiger partial charge in [-0.1, -0.05) is 0 Å². The first-order valence-electron chi connectivity index (χ1n) is 4.75. The van der Waals surface area contributed by atoms with Gasteiger partial charge in [0.05, 0.1) is 6.61 Å². The Morgan fingerprint density at radius 2 is 2.14 bits per heavy atom. The third-order valence-electron chi connectivity index (χ3n) is 2.57. The van der Waals surface area contributed by atoms with E-state index in [1.807, 2.05) is 0 Å². The van der Waals surface area contributed by atoms with E-state index in [4.69, 9.17) is 5.73 Å². The third kappa shape index (κ3) is 1.73. The molecule has 0 aromatic heterocycles. The lowest BCUT2D eigenvalue weighted by molar-refractivity contribution is -0.154. The maximum absolute atomic E-state index is 13.0. The predicted molar refractivity (Wildman–Crippen MR) is 46.9 cm³/mol. The van der Waals surface area contributed by atoms with E-state index in [1.54, 1.807) is 6.92 Å². The van der Waals surface area contributed by atoms with Crippen molar-refractivity contribution in [3.63, 3.8) is 0 Å². The van der Waals surface area contributed by atoms with Crippen LogP contribution in [-0.4, -0.2) is 25.0 Å². The molecule has 1 fully saturated rings. The van der Waals surface area contributed by atoms with Crippen LogP contribution >= 0.6 is 0 Å². The van der Waals surface area contributed by atoms with E-state index >= 15 is 0 Å². The SMILES string of the molecule is CCOC(=O)C1(CCCN)CC1(F)F. The molecular formula is C9H15F2NO2. The first-order valence-corrected chi connectivity index (χ1v) is 4.75. The maximum Gasteiger partial charge on any atom is 0.318 e. The molecule has 0 saturated heterocycles. The number of carbonyl (C=O) groups is 1. The van der Waals surface area contributed by atoms with Crippen LogP contribution in [0.5, 0.6) is 0 Å². The van der Waals surface area contributed by atoms with Crippen molar-refractivity contribution in [2.24, 2.45) is 11.1 Å². The zero-order valence-electron chi connectivity index (χ0n) is 8.19. The van der Waals surface area contributed by atoms with Crippen molar-refractivity contribution in [3.8, 4) is 0 Å². The van der Waals surface area contributed by atoms with Gasteiger partial charge in [-0.25, -0.2) is 8.78 Å². The molecule has 14 heavy (non-hydrogen) atoms. The fraction of sp³-hybridized carbons (Fsp3) is 0.889. The summed E-state index contributed by atoms with van der Waals surface area (Å²) in [5.74, 6) is -3.67. The van der Waals surface area contributed by atoms with Crippen LogP contribution in [-0.2, 0) is 9.53 Å². The quantitative estimate of drug-likeness (QED) is 0.691. The topological polar surface area (TPSA) is 52.3 Å². The highest BCUT2D eigenvalue weighted by molar-refractivity contribution is 5.82. The maximum atomic E-state index is 13.0. The molecule has 0 aliphatic heterocycles. The number of carbonyl (C=O) groups excluding carboxylic acids is 1. The molecule has 0 spiro atoms. The van der Waals surface area contributed by atoms with Gasteiger partial charge in [-0.05, 0) is 26.3 Å². The van der Waals surface area contributed by atoms with Crippen LogP contribution < -0.4 is 5.73 Å². The van der Waals surface area contributed by atoms with Crippen molar-refractivity contribution in [2.45, 2.75) is 32.1 Å². The summed E-state index contributed by atoms with van der Waals surface area (Å²) in [6.07, 6.45) is 0.155. The summed E-state index contributed by atoms with van der Waals surface area (Å²) in [7, 11) is 0. The highest BCUT2D eigenvalue weighted by Gasteiger charge is 2.76. The highest BCUT2D eigenvalue weighted by atomic mass is 19.3. The van der Waals surface area contributed by atoms with E-state index < -0.39 is 23.7 Å². The van der Waals surface area contributed by atoms with Gasteiger partial charge >= 0.3 is 5.97 Å². The standard InChI is InChI=1S/C9H15F2NO2/c1-2-14-7(13)8(4-3-5-12)6-9(8,10)11/h2-6,12H2,1H3. The van der Waals surface area contributed by atoms with Gasteiger partial charge in [-0.3, -0.25) is 4.79 Å². The lowest BCUT2D eigenvalue weighted by Crippen LogP contribution is -2.26. The van der Waals surface area contributed by atoms with Crippen molar-refractivity contribution < 1.29 is 18.3 Å². The number of hydrogen-bond donors (Lipinski definition) is 1. The van der Waals surface area contributed by atoms with Crippen LogP contribution in [0.4, 0.5) is 8.78 Å². The van der Waals surface area contributed by atoms with Crippen molar-refractivity contribution in [2.75, 3.05) is 13.2 Å². The summed E-state index contributed by atoms with van der Waals surface area (Å²) in [5.41, 5.74) is 3.66. The van der Waals surface area contributed by atoms with Crippen LogP contribution in [0.3, 0.4) is 0 Å².